The summed E-state index contributed by atoms with van der Waals surface area (Å²) in [6, 6.07) is 0. The molecule has 1 amide bonds. The van der Waals surface area contributed by atoms with Crippen molar-refractivity contribution in [3.05, 3.63) is 0 Å². The number of rotatable bonds is 8. The largest absolute Gasteiger partial charge is 0.379 e. The molecule has 0 radical (unpaired) electrons. The minimum absolute atomic E-state index is 0.0958. The van der Waals surface area contributed by atoms with Crippen molar-refractivity contribution in [2.45, 2.75) is 51.0 Å². The van der Waals surface area contributed by atoms with Gasteiger partial charge in [0, 0.05) is 19.6 Å². The Morgan fingerprint density at radius 2 is 2.24 bits per heavy atom. The lowest BCUT2D eigenvalue weighted by Crippen LogP contribution is -2.29. The zero-order chi connectivity index (χ0) is 12.3. The molecule has 1 rings (SSSR count). The topological polar surface area (TPSA) is 73.6 Å². The molecule has 3 N–H and O–H groups in total. The van der Waals surface area contributed by atoms with Crippen LogP contribution in [0.3, 0.4) is 0 Å². The fourth-order valence-electron chi connectivity index (χ4n) is 1.89. The lowest BCUT2D eigenvalue weighted by molar-refractivity contribution is -0.121. The molecular formula is C12H24N2O3. The lowest BCUT2D eigenvalue weighted by atomic mass is 10.1. The molecule has 0 aromatic rings. The molecule has 5 nitrogen and oxygen atoms in total. The van der Waals surface area contributed by atoms with Gasteiger partial charge in [-0.05, 0) is 32.1 Å². The number of carbonyl (C=O) groups is 1. The molecule has 1 fully saturated rings. The highest BCUT2D eigenvalue weighted by molar-refractivity contribution is 5.74. The fourth-order valence-corrected chi connectivity index (χ4v) is 1.89. The molecule has 1 aliphatic rings. The lowest BCUT2D eigenvalue weighted by Gasteiger charge is -2.22. The number of hydrazine groups is 1. The summed E-state index contributed by atoms with van der Waals surface area (Å²) in [5, 5.41) is 0. The number of nitrogens with two attached hydrogens (primary N) is 1. The van der Waals surface area contributed by atoms with E-state index >= 15 is 0 Å². The van der Waals surface area contributed by atoms with Crippen LogP contribution in [0.1, 0.15) is 44.9 Å². The third-order valence-electron chi connectivity index (χ3n) is 2.93. The fraction of sp³-hybridized carbons (Fsp3) is 0.917. The Labute approximate surface area is 103 Å². The first kappa shape index (κ1) is 14.4. The minimum atomic E-state index is -0.0958. The molecule has 17 heavy (non-hydrogen) atoms. The molecule has 1 atom stereocenters. The summed E-state index contributed by atoms with van der Waals surface area (Å²) in [4.78, 5) is 10.8. The summed E-state index contributed by atoms with van der Waals surface area (Å²) in [5.74, 6) is 4.88. The smallest absolute Gasteiger partial charge is 0.233 e. The highest BCUT2D eigenvalue weighted by atomic mass is 16.5. The number of hydrogen-bond acceptors (Lipinski definition) is 4. The monoisotopic (exact) mass is 244 g/mol. The Morgan fingerprint density at radius 1 is 1.35 bits per heavy atom. The number of hydrogen-bond donors (Lipinski definition) is 2. The van der Waals surface area contributed by atoms with Crippen LogP contribution in [0.5, 0.6) is 0 Å². The minimum Gasteiger partial charge on any atom is -0.379 e. The van der Waals surface area contributed by atoms with Gasteiger partial charge in [0.1, 0.15) is 0 Å². The normalized spacial score (nSPS) is 20.2. The van der Waals surface area contributed by atoms with E-state index in [0.717, 1.165) is 38.9 Å². The molecule has 0 bridgehead atoms. The number of ether oxygens (including phenoxy) is 2. The van der Waals surface area contributed by atoms with Gasteiger partial charge in [-0.1, -0.05) is 6.42 Å². The van der Waals surface area contributed by atoms with E-state index in [1.807, 2.05) is 0 Å². The van der Waals surface area contributed by atoms with E-state index in [2.05, 4.69) is 5.43 Å². The van der Waals surface area contributed by atoms with Crippen molar-refractivity contribution in [3.8, 4) is 0 Å². The zero-order valence-electron chi connectivity index (χ0n) is 10.5. The van der Waals surface area contributed by atoms with E-state index in [4.69, 9.17) is 15.3 Å². The van der Waals surface area contributed by atoms with Crippen LogP contribution >= 0.6 is 0 Å². The number of amides is 1. The van der Waals surface area contributed by atoms with Crippen molar-refractivity contribution in [1.82, 2.24) is 5.43 Å². The van der Waals surface area contributed by atoms with Crippen molar-refractivity contribution in [1.29, 1.82) is 0 Å². The first-order chi connectivity index (χ1) is 8.33. The maximum absolute atomic E-state index is 10.8. The van der Waals surface area contributed by atoms with Crippen LogP contribution in [-0.4, -0.2) is 31.8 Å². The molecule has 0 aromatic heterocycles. The van der Waals surface area contributed by atoms with Crippen LogP contribution in [0.2, 0.25) is 0 Å². The molecule has 0 saturated carbocycles. The zero-order valence-corrected chi connectivity index (χ0v) is 10.5. The Bertz CT molecular complexity index is 206. The second kappa shape index (κ2) is 9.39. The molecular weight excluding hydrogens is 220 g/mol. The van der Waals surface area contributed by atoms with Crippen molar-refractivity contribution >= 4 is 5.91 Å². The molecule has 1 aliphatic heterocycles. The molecule has 0 spiro atoms. The number of nitrogens with one attached hydrogen (secondary N) is 1. The van der Waals surface area contributed by atoms with Gasteiger partial charge in [0.25, 0.3) is 0 Å². The van der Waals surface area contributed by atoms with Gasteiger partial charge >= 0.3 is 0 Å². The van der Waals surface area contributed by atoms with Crippen LogP contribution in [-0.2, 0) is 14.3 Å². The SMILES string of the molecule is NNC(=O)CCCCCOCC1CCCCO1. The van der Waals surface area contributed by atoms with Crippen LogP contribution in [0.15, 0.2) is 0 Å². The van der Waals surface area contributed by atoms with Crippen LogP contribution in [0.25, 0.3) is 0 Å². The third kappa shape index (κ3) is 7.31. The maximum atomic E-state index is 10.8. The predicted octanol–water partition coefficient (Wildman–Crippen LogP) is 1.12. The predicted molar refractivity (Wildman–Crippen MR) is 65.2 cm³/mol. The first-order valence-corrected chi connectivity index (χ1v) is 6.51. The summed E-state index contributed by atoms with van der Waals surface area (Å²) >= 11 is 0. The first-order valence-electron chi connectivity index (χ1n) is 6.51. The maximum Gasteiger partial charge on any atom is 0.233 e. The van der Waals surface area contributed by atoms with Gasteiger partial charge in [-0.25, -0.2) is 5.84 Å². The number of carbonyl (C=O) groups excluding carboxylic acids is 1. The second-order valence-corrected chi connectivity index (χ2v) is 4.44. The molecule has 5 heteroatoms. The van der Waals surface area contributed by atoms with Gasteiger partial charge in [0.05, 0.1) is 12.7 Å². The standard InChI is InChI=1S/C12H24N2O3/c13-14-12(15)7-2-1-4-8-16-10-11-6-3-5-9-17-11/h11H,1-10,13H2,(H,14,15). The second-order valence-electron chi connectivity index (χ2n) is 4.44. The average molecular weight is 244 g/mol. The summed E-state index contributed by atoms with van der Waals surface area (Å²) in [6.07, 6.45) is 7.21. The highest BCUT2D eigenvalue weighted by Gasteiger charge is 2.13. The van der Waals surface area contributed by atoms with Gasteiger partial charge in [0.2, 0.25) is 5.91 Å². The summed E-state index contributed by atoms with van der Waals surface area (Å²) in [7, 11) is 0. The van der Waals surface area contributed by atoms with Crippen LogP contribution in [0.4, 0.5) is 0 Å². The molecule has 100 valence electrons. The molecule has 0 aliphatic carbocycles. The van der Waals surface area contributed by atoms with Gasteiger partial charge in [0.15, 0.2) is 0 Å². The van der Waals surface area contributed by atoms with E-state index in [1.165, 1.54) is 12.8 Å². The van der Waals surface area contributed by atoms with Gasteiger partial charge in [-0.2, -0.15) is 0 Å². The Hall–Kier alpha value is -0.650. The van der Waals surface area contributed by atoms with Crippen molar-refractivity contribution in [3.63, 3.8) is 0 Å². The molecule has 1 heterocycles. The summed E-state index contributed by atoms with van der Waals surface area (Å²) < 4.78 is 11.1. The Kier molecular flexibility index (Phi) is 7.96. The van der Waals surface area contributed by atoms with E-state index in [0.29, 0.717) is 19.1 Å². The van der Waals surface area contributed by atoms with E-state index in [-0.39, 0.29) is 5.91 Å². The summed E-state index contributed by atoms with van der Waals surface area (Å²) in [5.41, 5.74) is 2.12. The van der Waals surface area contributed by atoms with Gasteiger partial charge in [-0.15, -0.1) is 0 Å². The number of unbranched alkanes of at least 4 members (excludes halogenated alkanes) is 2. The van der Waals surface area contributed by atoms with E-state index in [9.17, 15) is 4.79 Å². The van der Waals surface area contributed by atoms with Crippen molar-refractivity contribution in [2.75, 3.05) is 19.8 Å². The van der Waals surface area contributed by atoms with Crippen molar-refractivity contribution < 1.29 is 14.3 Å². The quantitative estimate of drug-likeness (QED) is 0.290. The van der Waals surface area contributed by atoms with Gasteiger partial charge in [-0.3, -0.25) is 10.2 Å². The highest BCUT2D eigenvalue weighted by Crippen LogP contribution is 2.12. The van der Waals surface area contributed by atoms with E-state index < -0.39 is 0 Å². The average Bonchev–Trinajstić information content (AvgIpc) is 2.38. The van der Waals surface area contributed by atoms with Gasteiger partial charge < -0.3 is 9.47 Å². The Balaban J connectivity index is 1.82. The molecule has 1 unspecified atom stereocenters. The summed E-state index contributed by atoms with van der Waals surface area (Å²) in [6.45, 7) is 2.34. The van der Waals surface area contributed by atoms with Crippen LogP contribution < -0.4 is 11.3 Å². The molecule has 0 aromatic carbocycles. The third-order valence-corrected chi connectivity index (χ3v) is 2.93. The molecule has 1 saturated heterocycles. The Morgan fingerprint density at radius 3 is 2.94 bits per heavy atom. The van der Waals surface area contributed by atoms with E-state index in [1.54, 1.807) is 0 Å². The van der Waals surface area contributed by atoms with Crippen LogP contribution in [0, 0.1) is 0 Å². The van der Waals surface area contributed by atoms with Crippen molar-refractivity contribution in [2.24, 2.45) is 5.84 Å².